The molecule has 0 amide bonds. The summed E-state index contributed by atoms with van der Waals surface area (Å²) in [6.45, 7) is 0.484. The summed E-state index contributed by atoms with van der Waals surface area (Å²) < 4.78 is 0.699. The number of aromatic nitrogens is 1. The number of hydrogen-bond donors (Lipinski definition) is 1. The summed E-state index contributed by atoms with van der Waals surface area (Å²) in [6, 6.07) is 0. The van der Waals surface area contributed by atoms with Gasteiger partial charge in [-0.15, -0.1) is 11.3 Å². The minimum Gasteiger partial charge on any atom is -0.325 e. The third kappa shape index (κ3) is 1.18. The standard InChI is InChI=1S/C4H5ClN2S/c5-3-2-7-4(1-6)8-3/h2H,1,6H2. The lowest BCUT2D eigenvalue weighted by molar-refractivity contribution is 1.04. The fraction of sp³-hybridized carbons (Fsp3) is 0.250. The van der Waals surface area contributed by atoms with Gasteiger partial charge < -0.3 is 5.73 Å². The van der Waals surface area contributed by atoms with Gasteiger partial charge in [-0.1, -0.05) is 11.6 Å². The van der Waals surface area contributed by atoms with E-state index in [4.69, 9.17) is 17.3 Å². The summed E-state index contributed by atoms with van der Waals surface area (Å²) >= 11 is 6.96. The summed E-state index contributed by atoms with van der Waals surface area (Å²) in [5.74, 6) is 0. The van der Waals surface area contributed by atoms with E-state index in [0.717, 1.165) is 5.01 Å². The molecule has 1 aromatic heterocycles. The quantitative estimate of drug-likeness (QED) is 0.651. The van der Waals surface area contributed by atoms with Crippen molar-refractivity contribution < 1.29 is 0 Å². The second kappa shape index (κ2) is 2.44. The van der Waals surface area contributed by atoms with Crippen LogP contribution in [0.15, 0.2) is 6.20 Å². The molecule has 0 aliphatic carbocycles. The number of halogens is 1. The third-order valence-electron chi connectivity index (χ3n) is 0.700. The summed E-state index contributed by atoms with van der Waals surface area (Å²) in [5, 5.41) is 0.884. The normalized spacial score (nSPS) is 9.75. The van der Waals surface area contributed by atoms with Crippen LogP contribution in [-0.4, -0.2) is 4.98 Å². The second-order valence-corrected chi connectivity index (χ2v) is 3.01. The Morgan fingerprint density at radius 3 is 2.88 bits per heavy atom. The zero-order valence-electron chi connectivity index (χ0n) is 4.10. The van der Waals surface area contributed by atoms with Crippen molar-refractivity contribution in [3.63, 3.8) is 0 Å². The maximum absolute atomic E-state index is 5.54. The predicted octanol–water partition coefficient (Wildman–Crippen LogP) is 1.26. The van der Waals surface area contributed by atoms with Crippen molar-refractivity contribution in [2.75, 3.05) is 0 Å². The monoisotopic (exact) mass is 148 g/mol. The Bertz CT molecular complexity index is 174. The summed E-state index contributed by atoms with van der Waals surface area (Å²) in [4.78, 5) is 3.90. The van der Waals surface area contributed by atoms with Crippen molar-refractivity contribution >= 4 is 22.9 Å². The van der Waals surface area contributed by atoms with E-state index in [9.17, 15) is 0 Å². The van der Waals surface area contributed by atoms with Crippen molar-refractivity contribution in [1.82, 2.24) is 4.98 Å². The smallest absolute Gasteiger partial charge is 0.113 e. The van der Waals surface area contributed by atoms with Crippen molar-refractivity contribution in [3.05, 3.63) is 15.5 Å². The first-order valence-electron chi connectivity index (χ1n) is 2.13. The molecule has 2 nitrogen and oxygen atoms in total. The molecule has 0 saturated heterocycles. The Morgan fingerprint density at radius 2 is 2.62 bits per heavy atom. The molecule has 0 aliphatic rings. The van der Waals surface area contributed by atoms with Crippen LogP contribution in [0.3, 0.4) is 0 Å². The van der Waals surface area contributed by atoms with Crippen LogP contribution in [-0.2, 0) is 6.54 Å². The van der Waals surface area contributed by atoms with E-state index in [2.05, 4.69) is 4.98 Å². The molecule has 0 aliphatic heterocycles. The molecule has 2 N–H and O–H groups in total. The van der Waals surface area contributed by atoms with Gasteiger partial charge in [0.2, 0.25) is 0 Å². The summed E-state index contributed by atoms with van der Waals surface area (Å²) in [5.41, 5.74) is 5.25. The van der Waals surface area contributed by atoms with Gasteiger partial charge in [0.25, 0.3) is 0 Å². The molecule has 1 rings (SSSR count). The van der Waals surface area contributed by atoms with Crippen LogP contribution in [0, 0.1) is 0 Å². The average molecular weight is 149 g/mol. The SMILES string of the molecule is NCc1ncc(Cl)s1. The van der Waals surface area contributed by atoms with Gasteiger partial charge >= 0.3 is 0 Å². The molecule has 0 radical (unpaired) electrons. The van der Waals surface area contributed by atoms with E-state index in [1.54, 1.807) is 6.20 Å². The van der Waals surface area contributed by atoms with Crippen molar-refractivity contribution in [2.24, 2.45) is 5.73 Å². The first-order chi connectivity index (χ1) is 3.83. The van der Waals surface area contributed by atoms with Gasteiger partial charge in [-0.2, -0.15) is 0 Å². The highest BCUT2D eigenvalue weighted by Crippen LogP contribution is 2.16. The third-order valence-corrected chi connectivity index (χ3v) is 1.84. The molecular formula is C4H5ClN2S. The van der Waals surface area contributed by atoms with E-state index in [1.807, 2.05) is 0 Å². The maximum atomic E-state index is 5.54. The fourth-order valence-electron chi connectivity index (χ4n) is 0.382. The molecule has 4 heteroatoms. The number of thiazole rings is 1. The van der Waals surface area contributed by atoms with Gasteiger partial charge in [-0.3, -0.25) is 0 Å². The lowest BCUT2D eigenvalue weighted by Gasteiger charge is -1.78. The lowest BCUT2D eigenvalue weighted by Crippen LogP contribution is -1.93. The zero-order valence-corrected chi connectivity index (χ0v) is 5.67. The molecule has 8 heavy (non-hydrogen) atoms. The Hall–Kier alpha value is -0.120. The van der Waals surface area contributed by atoms with E-state index < -0.39 is 0 Å². The van der Waals surface area contributed by atoms with Gasteiger partial charge in [0, 0.05) is 6.54 Å². The highest BCUT2D eigenvalue weighted by Gasteiger charge is 1.93. The van der Waals surface area contributed by atoms with Gasteiger partial charge in [0.1, 0.15) is 9.34 Å². The highest BCUT2D eigenvalue weighted by atomic mass is 35.5. The molecule has 1 heterocycles. The number of nitrogens with two attached hydrogens (primary N) is 1. The summed E-state index contributed by atoms with van der Waals surface area (Å²) in [7, 11) is 0. The Balaban J connectivity index is 2.84. The molecule has 0 bridgehead atoms. The van der Waals surface area contributed by atoms with E-state index >= 15 is 0 Å². The molecule has 0 atom stereocenters. The molecule has 0 spiro atoms. The average Bonchev–Trinajstić information content (AvgIpc) is 2.14. The number of rotatable bonds is 1. The minimum atomic E-state index is 0.484. The Labute approximate surface area is 56.3 Å². The second-order valence-electron chi connectivity index (χ2n) is 1.26. The van der Waals surface area contributed by atoms with Crippen molar-refractivity contribution in [3.8, 4) is 0 Å². The van der Waals surface area contributed by atoms with E-state index in [1.165, 1.54) is 11.3 Å². The zero-order chi connectivity index (χ0) is 5.98. The molecule has 0 saturated carbocycles. The van der Waals surface area contributed by atoms with Crippen LogP contribution in [0.1, 0.15) is 5.01 Å². The van der Waals surface area contributed by atoms with Crippen LogP contribution in [0.2, 0.25) is 4.34 Å². The largest absolute Gasteiger partial charge is 0.325 e. The van der Waals surface area contributed by atoms with Crippen LogP contribution in [0.25, 0.3) is 0 Å². The van der Waals surface area contributed by atoms with Crippen LogP contribution < -0.4 is 5.73 Å². The number of nitrogens with zero attached hydrogens (tertiary/aromatic N) is 1. The Morgan fingerprint density at radius 1 is 1.88 bits per heavy atom. The van der Waals surface area contributed by atoms with E-state index in [-0.39, 0.29) is 0 Å². The first kappa shape index (κ1) is 6.01. The lowest BCUT2D eigenvalue weighted by atomic mass is 10.7. The van der Waals surface area contributed by atoms with Crippen LogP contribution in [0.4, 0.5) is 0 Å². The summed E-state index contributed by atoms with van der Waals surface area (Å²) in [6.07, 6.45) is 1.61. The fourth-order valence-corrected chi connectivity index (χ4v) is 1.22. The minimum absolute atomic E-state index is 0.484. The topological polar surface area (TPSA) is 38.9 Å². The molecule has 44 valence electrons. The number of hydrogen-bond acceptors (Lipinski definition) is 3. The molecular weight excluding hydrogens is 144 g/mol. The first-order valence-corrected chi connectivity index (χ1v) is 3.32. The van der Waals surface area contributed by atoms with Crippen molar-refractivity contribution in [2.45, 2.75) is 6.54 Å². The maximum Gasteiger partial charge on any atom is 0.113 e. The van der Waals surface area contributed by atoms with Gasteiger partial charge in [0.05, 0.1) is 6.20 Å². The van der Waals surface area contributed by atoms with Crippen LogP contribution >= 0.6 is 22.9 Å². The molecule has 0 fully saturated rings. The van der Waals surface area contributed by atoms with Crippen molar-refractivity contribution in [1.29, 1.82) is 0 Å². The molecule has 0 unspecified atom stereocenters. The van der Waals surface area contributed by atoms with Gasteiger partial charge in [0.15, 0.2) is 0 Å². The molecule has 1 aromatic rings. The highest BCUT2D eigenvalue weighted by molar-refractivity contribution is 7.15. The molecule has 0 aromatic carbocycles. The predicted molar refractivity (Wildman–Crippen MR) is 35.0 cm³/mol. The van der Waals surface area contributed by atoms with Gasteiger partial charge in [-0.25, -0.2) is 4.98 Å². The Kier molecular flexibility index (Phi) is 1.83. The van der Waals surface area contributed by atoms with Crippen LogP contribution in [0.5, 0.6) is 0 Å². The van der Waals surface area contributed by atoms with E-state index in [0.29, 0.717) is 10.9 Å². The van der Waals surface area contributed by atoms with Gasteiger partial charge in [-0.05, 0) is 0 Å².